The van der Waals surface area contributed by atoms with Gasteiger partial charge in [0.25, 0.3) is 0 Å². The van der Waals surface area contributed by atoms with Gasteiger partial charge in [-0.2, -0.15) is 0 Å². The summed E-state index contributed by atoms with van der Waals surface area (Å²) in [6.45, 7) is 8.28. The van der Waals surface area contributed by atoms with E-state index in [1.165, 1.54) is 0 Å². The van der Waals surface area contributed by atoms with Crippen molar-refractivity contribution in [2.24, 2.45) is 5.92 Å². The molecular weight excluding hydrogens is 244 g/mol. The second-order valence-electron chi connectivity index (χ2n) is 5.12. The highest BCUT2D eigenvalue weighted by molar-refractivity contribution is 5.81. The molecule has 0 heterocycles. The standard InChI is InChI=1S/C14H26N2O3/c1-3-15(4-2)9-5-10-16(11-8-13(17)18)14(19)12-6-7-12/h12H,3-11H2,1-2H3,(H,17,18). The van der Waals surface area contributed by atoms with Crippen LogP contribution >= 0.6 is 0 Å². The lowest BCUT2D eigenvalue weighted by molar-refractivity contribution is -0.138. The monoisotopic (exact) mass is 270 g/mol. The van der Waals surface area contributed by atoms with Gasteiger partial charge in [0.15, 0.2) is 0 Å². The van der Waals surface area contributed by atoms with E-state index in [0.717, 1.165) is 38.9 Å². The number of hydrogen-bond donors (Lipinski definition) is 1. The normalized spacial score (nSPS) is 14.7. The zero-order valence-corrected chi connectivity index (χ0v) is 12.1. The topological polar surface area (TPSA) is 60.9 Å². The first-order valence-corrected chi connectivity index (χ1v) is 7.31. The van der Waals surface area contributed by atoms with Gasteiger partial charge in [-0.1, -0.05) is 13.8 Å². The lowest BCUT2D eigenvalue weighted by Gasteiger charge is -2.24. The zero-order valence-electron chi connectivity index (χ0n) is 12.1. The summed E-state index contributed by atoms with van der Waals surface area (Å²) in [5.41, 5.74) is 0. The van der Waals surface area contributed by atoms with Crippen LogP contribution in [0.1, 0.15) is 39.5 Å². The predicted molar refractivity (Wildman–Crippen MR) is 74.0 cm³/mol. The van der Waals surface area contributed by atoms with Crippen LogP contribution in [0.5, 0.6) is 0 Å². The van der Waals surface area contributed by atoms with Gasteiger partial charge in [-0.05, 0) is 38.9 Å². The minimum Gasteiger partial charge on any atom is -0.481 e. The van der Waals surface area contributed by atoms with Crippen LogP contribution in [0.2, 0.25) is 0 Å². The van der Waals surface area contributed by atoms with Gasteiger partial charge in [0.05, 0.1) is 6.42 Å². The van der Waals surface area contributed by atoms with Gasteiger partial charge in [-0.25, -0.2) is 0 Å². The van der Waals surface area contributed by atoms with Crippen molar-refractivity contribution in [3.05, 3.63) is 0 Å². The number of hydrogen-bond acceptors (Lipinski definition) is 3. The van der Waals surface area contributed by atoms with E-state index in [2.05, 4.69) is 18.7 Å². The van der Waals surface area contributed by atoms with E-state index in [0.29, 0.717) is 13.1 Å². The van der Waals surface area contributed by atoms with Crippen LogP contribution in [0, 0.1) is 5.92 Å². The predicted octanol–water partition coefficient (Wildman–Crippen LogP) is 1.43. The molecule has 0 atom stereocenters. The maximum atomic E-state index is 12.1. The second-order valence-corrected chi connectivity index (χ2v) is 5.12. The number of carbonyl (C=O) groups is 2. The molecule has 1 N–H and O–H groups in total. The van der Waals surface area contributed by atoms with Crippen molar-refractivity contribution < 1.29 is 14.7 Å². The van der Waals surface area contributed by atoms with Crippen LogP contribution in [0.4, 0.5) is 0 Å². The molecule has 0 spiro atoms. The van der Waals surface area contributed by atoms with Crippen molar-refractivity contribution in [1.29, 1.82) is 0 Å². The molecular formula is C14H26N2O3. The Morgan fingerprint density at radius 3 is 2.21 bits per heavy atom. The van der Waals surface area contributed by atoms with E-state index in [4.69, 9.17) is 5.11 Å². The fraction of sp³-hybridized carbons (Fsp3) is 0.857. The number of carboxylic acids is 1. The number of aliphatic carboxylic acids is 1. The van der Waals surface area contributed by atoms with Crippen LogP contribution < -0.4 is 0 Å². The molecule has 0 unspecified atom stereocenters. The van der Waals surface area contributed by atoms with Crippen molar-refractivity contribution in [1.82, 2.24) is 9.80 Å². The first kappa shape index (κ1) is 16.0. The third-order valence-electron chi connectivity index (χ3n) is 3.63. The SMILES string of the molecule is CCN(CC)CCCN(CCC(=O)O)C(=O)C1CC1. The van der Waals surface area contributed by atoms with Crippen LogP contribution in [-0.2, 0) is 9.59 Å². The Morgan fingerprint density at radius 1 is 1.11 bits per heavy atom. The maximum Gasteiger partial charge on any atom is 0.305 e. The first-order chi connectivity index (χ1) is 9.08. The molecule has 1 aliphatic carbocycles. The van der Waals surface area contributed by atoms with Crippen LogP contribution in [-0.4, -0.2) is 59.5 Å². The summed E-state index contributed by atoms with van der Waals surface area (Å²) in [6.07, 6.45) is 2.90. The molecule has 1 rings (SSSR count). The highest BCUT2D eigenvalue weighted by Gasteiger charge is 2.33. The molecule has 19 heavy (non-hydrogen) atoms. The lowest BCUT2D eigenvalue weighted by Crippen LogP contribution is -2.36. The number of nitrogens with zero attached hydrogens (tertiary/aromatic N) is 2. The van der Waals surface area contributed by atoms with E-state index >= 15 is 0 Å². The van der Waals surface area contributed by atoms with Gasteiger partial charge in [0.2, 0.25) is 5.91 Å². The molecule has 0 aliphatic heterocycles. The summed E-state index contributed by atoms with van der Waals surface area (Å²) >= 11 is 0. The molecule has 1 saturated carbocycles. The molecule has 0 saturated heterocycles. The first-order valence-electron chi connectivity index (χ1n) is 7.31. The number of carboxylic acid groups (broad SMARTS) is 1. The summed E-state index contributed by atoms with van der Waals surface area (Å²) in [7, 11) is 0. The van der Waals surface area contributed by atoms with Crippen molar-refractivity contribution in [3.63, 3.8) is 0 Å². The quantitative estimate of drug-likeness (QED) is 0.652. The van der Waals surface area contributed by atoms with Crippen LogP contribution in [0.25, 0.3) is 0 Å². The van der Waals surface area contributed by atoms with Crippen LogP contribution in [0.15, 0.2) is 0 Å². The summed E-state index contributed by atoms with van der Waals surface area (Å²) in [5, 5.41) is 8.74. The Labute approximate surface area is 115 Å². The highest BCUT2D eigenvalue weighted by Crippen LogP contribution is 2.31. The average molecular weight is 270 g/mol. The minimum atomic E-state index is -0.836. The summed E-state index contributed by atoms with van der Waals surface area (Å²) in [4.78, 5) is 26.8. The molecule has 1 amide bonds. The Bertz CT molecular complexity index is 299. The molecule has 110 valence electrons. The van der Waals surface area contributed by atoms with E-state index in [1.807, 2.05) is 0 Å². The number of rotatable bonds is 10. The van der Waals surface area contributed by atoms with E-state index in [9.17, 15) is 9.59 Å². The Hall–Kier alpha value is -1.10. The van der Waals surface area contributed by atoms with Gasteiger partial charge in [0.1, 0.15) is 0 Å². The van der Waals surface area contributed by atoms with E-state index in [1.54, 1.807) is 4.90 Å². The fourth-order valence-corrected chi connectivity index (χ4v) is 2.18. The van der Waals surface area contributed by atoms with E-state index in [-0.39, 0.29) is 18.2 Å². The lowest BCUT2D eigenvalue weighted by atomic mass is 10.2. The van der Waals surface area contributed by atoms with Gasteiger partial charge < -0.3 is 14.9 Å². The number of carbonyl (C=O) groups excluding carboxylic acids is 1. The zero-order chi connectivity index (χ0) is 14.3. The Morgan fingerprint density at radius 2 is 1.74 bits per heavy atom. The van der Waals surface area contributed by atoms with Gasteiger partial charge >= 0.3 is 5.97 Å². The van der Waals surface area contributed by atoms with Crippen LogP contribution in [0.3, 0.4) is 0 Å². The molecule has 1 fully saturated rings. The van der Waals surface area contributed by atoms with Crippen molar-refractivity contribution in [2.75, 3.05) is 32.7 Å². The average Bonchev–Trinajstić information content (AvgIpc) is 3.21. The molecule has 0 radical (unpaired) electrons. The molecule has 0 bridgehead atoms. The smallest absolute Gasteiger partial charge is 0.305 e. The largest absolute Gasteiger partial charge is 0.481 e. The molecule has 0 aromatic carbocycles. The van der Waals surface area contributed by atoms with Gasteiger partial charge in [-0.3, -0.25) is 9.59 Å². The van der Waals surface area contributed by atoms with Gasteiger partial charge in [-0.15, -0.1) is 0 Å². The minimum absolute atomic E-state index is 0.0454. The highest BCUT2D eigenvalue weighted by atomic mass is 16.4. The Kier molecular flexibility index (Phi) is 6.84. The molecule has 1 aliphatic rings. The van der Waals surface area contributed by atoms with Gasteiger partial charge in [0, 0.05) is 19.0 Å². The second kappa shape index (κ2) is 8.15. The fourth-order valence-electron chi connectivity index (χ4n) is 2.18. The molecule has 5 heteroatoms. The molecule has 0 aromatic heterocycles. The van der Waals surface area contributed by atoms with Crippen molar-refractivity contribution in [3.8, 4) is 0 Å². The summed E-state index contributed by atoms with van der Waals surface area (Å²) in [6, 6.07) is 0. The maximum absolute atomic E-state index is 12.1. The Balaban J connectivity index is 2.35. The molecule has 0 aromatic rings. The van der Waals surface area contributed by atoms with E-state index < -0.39 is 5.97 Å². The third kappa shape index (κ3) is 6.05. The summed E-state index contributed by atoms with van der Waals surface area (Å²) in [5.74, 6) is -0.514. The summed E-state index contributed by atoms with van der Waals surface area (Å²) < 4.78 is 0. The molecule has 5 nitrogen and oxygen atoms in total. The number of amides is 1. The van der Waals surface area contributed by atoms with Crippen molar-refractivity contribution >= 4 is 11.9 Å². The third-order valence-corrected chi connectivity index (χ3v) is 3.63. The van der Waals surface area contributed by atoms with Crippen molar-refractivity contribution in [2.45, 2.75) is 39.5 Å².